The fourth-order valence-corrected chi connectivity index (χ4v) is 1.63. The number of hydrogen-bond donors (Lipinski definition) is 3. The van der Waals surface area contributed by atoms with E-state index in [1.54, 1.807) is 24.3 Å². The molecule has 1 atom stereocenters. The van der Waals surface area contributed by atoms with Gasteiger partial charge in [0.25, 0.3) is 0 Å². The maximum atomic E-state index is 11.7. The Kier molecular flexibility index (Phi) is 7.25. The Hall–Kier alpha value is -2.08. The fourth-order valence-electron chi connectivity index (χ4n) is 1.63. The van der Waals surface area contributed by atoms with Crippen LogP contribution in [0.1, 0.15) is 26.7 Å². The molecule has 0 saturated heterocycles. The zero-order valence-corrected chi connectivity index (χ0v) is 12.5. The molecule has 1 aromatic rings. The van der Waals surface area contributed by atoms with Crippen molar-refractivity contribution in [3.05, 3.63) is 24.3 Å². The van der Waals surface area contributed by atoms with Crippen LogP contribution >= 0.6 is 0 Å². The Morgan fingerprint density at radius 1 is 1.24 bits per heavy atom. The van der Waals surface area contributed by atoms with Gasteiger partial charge in [-0.3, -0.25) is 9.59 Å². The SMILES string of the molecule is CCOc1ccc(NC(=O)CNC(=O)CCC(C)N)cc1. The summed E-state index contributed by atoms with van der Waals surface area (Å²) in [5.74, 6) is 0.308. The van der Waals surface area contributed by atoms with E-state index < -0.39 is 0 Å². The summed E-state index contributed by atoms with van der Waals surface area (Å²) < 4.78 is 5.31. The van der Waals surface area contributed by atoms with Gasteiger partial charge in [0.05, 0.1) is 13.2 Å². The number of carbonyl (C=O) groups excluding carboxylic acids is 2. The van der Waals surface area contributed by atoms with Crippen molar-refractivity contribution in [1.82, 2.24) is 5.32 Å². The van der Waals surface area contributed by atoms with Crippen LogP contribution in [-0.4, -0.2) is 31.0 Å². The van der Waals surface area contributed by atoms with E-state index in [9.17, 15) is 9.59 Å². The summed E-state index contributed by atoms with van der Waals surface area (Å²) >= 11 is 0. The van der Waals surface area contributed by atoms with E-state index in [1.165, 1.54) is 0 Å². The highest BCUT2D eigenvalue weighted by Crippen LogP contribution is 2.15. The largest absolute Gasteiger partial charge is 0.494 e. The number of nitrogens with two attached hydrogens (primary N) is 1. The molecule has 2 amide bonds. The predicted molar refractivity (Wildman–Crippen MR) is 82.1 cm³/mol. The number of hydrogen-bond acceptors (Lipinski definition) is 4. The smallest absolute Gasteiger partial charge is 0.243 e. The molecule has 21 heavy (non-hydrogen) atoms. The summed E-state index contributed by atoms with van der Waals surface area (Å²) in [5, 5.41) is 5.26. The Balaban J connectivity index is 2.31. The first-order valence-corrected chi connectivity index (χ1v) is 7.06. The van der Waals surface area contributed by atoms with Gasteiger partial charge in [-0.2, -0.15) is 0 Å². The second-order valence-corrected chi connectivity index (χ2v) is 4.80. The molecule has 6 heteroatoms. The molecule has 4 N–H and O–H groups in total. The topological polar surface area (TPSA) is 93.5 Å². The van der Waals surface area contributed by atoms with E-state index in [0.717, 1.165) is 5.75 Å². The maximum absolute atomic E-state index is 11.7. The van der Waals surface area contributed by atoms with Crippen molar-refractivity contribution in [2.45, 2.75) is 32.7 Å². The van der Waals surface area contributed by atoms with Crippen molar-refractivity contribution >= 4 is 17.5 Å². The van der Waals surface area contributed by atoms with Crippen molar-refractivity contribution in [2.24, 2.45) is 5.73 Å². The molecule has 0 spiro atoms. The van der Waals surface area contributed by atoms with Gasteiger partial charge in [0.15, 0.2) is 0 Å². The summed E-state index contributed by atoms with van der Waals surface area (Å²) in [6.45, 7) is 4.29. The van der Waals surface area contributed by atoms with Crippen LogP contribution in [0.2, 0.25) is 0 Å². The molecule has 1 rings (SSSR count). The van der Waals surface area contributed by atoms with Crippen LogP contribution in [0, 0.1) is 0 Å². The molecule has 0 fully saturated rings. The number of anilines is 1. The van der Waals surface area contributed by atoms with E-state index in [4.69, 9.17) is 10.5 Å². The minimum atomic E-state index is -0.270. The summed E-state index contributed by atoms with van der Waals surface area (Å²) in [4.78, 5) is 23.1. The zero-order valence-electron chi connectivity index (χ0n) is 12.5. The number of nitrogens with one attached hydrogen (secondary N) is 2. The van der Waals surface area contributed by atoms with Crippen LogP contribution in [0.5, 0.6) is 5.75 Å². The van der Waals surface area contributed by atoms with E-state index >= 15 is 0 Å². The normalized spacial score (nSPS) is 11.6. The highest BCUT2D eigenvalue weighted by atomic mass is 16.5. The Morgan fingerprint density at radius 2 is 1.90 bits per heavy atom. The van der Waals surface area contributed by atoms with Crippen molar-refractivity contribution in [2.75, 3.05) is 18.5 Å². The van der Waals surface area contributed by atoms with Crippen LogP contribution in [0.3, 0.4) is 0 Å². The third-order valence-corrected chi connectivity index (χ3v) is 2.72. The molecular weight excluding hydrogens is 270 g/mol. The van der Waals surface area contributed by atoms with Gasteiger partial charge >= 0.3 is 0 Å². The molecule has 1 aromatic carbocycles. The summed E-state index contributed by atoms with van der Waals surface area (Å²) in [5.41, 5.74) is 6.22. The van der Waals surface area contributed by atoms with Gasteiger partial charge in [-0.25, -0.2) is 0 Å². The first kappa shape index (κ1) is 17.0. The molecule has 0 radical (unpaired) electrons. The Morgan fingerprint density at radius 3 is 2.48 bits per heavy atom. The Labute approximate surface area is 125 Å². The second-order valence-electron chi connectivity index (χ2n) is 4.80. The molecule has 6 nitrogen and oxygen atoms in total. The number of benzene rings is 1. The van der Waals surface area contributed by atoms with E-state index in [0.29, 0.717) is 25.1 Å². The van der Waals surface area contributed by atoms with E-state index in [2.05, 4.69) is 10.6 Å². The molecule has 116 valence electrons. The van der Waals surface area contributed by atoms with Crippen molar-refractivity contribution in [3.63, 3.8) is 0 Å². The summed E-state index contributed by atoms with van der Waals surface area (Å²) in [6.07, 6.45) is 0.931. The monoisotopic (exact) mass is 293 g/mol. The van der Waals surface area contributed by atoms with Gasteiger partial charge in [-0.1, -0.05) is 0 Å². The second kappa shape index (κ2) is 8.97. The van der Waals surface area contributed by atoms with Crippen molar-refractivity contribution in [1.29, 1.82) is 0 Å². The lowest BCUT2D eigenvalue weighted by molar-refractivity contribution is -0.124. The lowest BCUT2D eigenvalue weighted by Crippen LogP contribution is -2.33. The van der Waals surface area contributed by atoms with Gasteiger partial charge in [0, 0.05) is 18.2 Å². The minimum Gasteiger partial charge on any atom is -0.494 e. The zero-order chi connectivity index (χ0) is 15.7. The first-order chi connectivity index (χ1) is 10.0. The first-order valence-electron chi connectivity index (χ1n) is 7.06. The highest BCUT2D eigenvalue weighted by molar-refractivity contribution is 5.94. The average Bonchev–Trinajstić information content (AvgIpc) is 2.45. The molecule has 0 aliphatic rings. The van der Waals surface area contributed by atoms with E-state index in [-0.39, 0.29) is 24.4 Å². The number of ether oxygens (including phenoxy) is 1. The average molecular weight is 293 g/mol. The summed E-state index contributed by atoms with van der Waals surface area (Å²) in [7, 11) is 0. The molecule has 0 heterocycles. The molecule has 0 aliphatic heterocycles. The summed E-state index contributed by atoms with van der Waals surface area (Å²) in [6, 6.07) is 7.04. The standard InChI is InChI=1S/C15H23N3O3/c1-3-21-13-7-5-12(6-8-13)18-15(20)10-17-14(19)9-4-11(2)16/h5-8,11H,3-4,9-10,16H2,1-2H3,(H,17,19)(H,18,20). The molecule has 1 unspecified atom stereocenters. The van der Waals surface area contributed by atoms with Gasteiger partial charge < -0.3 is 21.1 Å². The quantitative estimate of drug-likeness (QED) is 0.673. The molecule has 0 aromatic heterocycles. The van der Waals surface area contributed by atoms with Crippen molar-refractivity contribution in [3.8, 4) is 5.75 Å². The number of rotatable bonds is 8. The molecular formula is C15H23N3O3. The van der Waals surface area contributed by atoms with Crippen LogP contribution in [0.25, 0.3) is 0 Å². The third-order valence-electron chi connectivity index (χ3n) is 2.72. The van der Waals surface area contributed by atoms with E-state index in [1.807, 2.05) is 13.8 Å². The number of amides is 2. The van der Waals surface area contributed by atoms with Gasteiger partial charge in [0.2, 0.25) is 11.8 Å². The highest BCUT2D eigenvalue weighted by Gasteiger charge is 2.07. The lowest BCUT2D eigenvalue weighted by atomic mass is 10.2. The maximum Gasteiger partial charge on any atom is 0.243 e. The van der Waals surface area contributed by atoms with Crippen LogP contribution in [0.4, 0.5) is 5.69 Å². The minimum absolute atomic E-state index is 0.0200. The molecule has 0 aliphatic carbocycles. The predicted octanol–water partition coefficient (Wildman–Crippen LogP) is 1.27. The number of carbonyl (C=O) groups is 2. The third kappa shape index (κ3) is 7.31. The molecule has 0 bridgehead atoms. The Bertz CT molecular complexity index is 458. The van der Waals surface area contributed by atoms with Crippen LogP contribution in [0.15, 0.2) is 24.3 Å². The van der Waals surface area contributed by atoms with Gasteiger partial charge in [-0.05, 0) is 44.5 Å². The molecule has 0 saturated carbocycles. The van der Waals surface area contributed by atoms with Crippen LogP contribution < -0.4 is 21.1 Å². The van der Waals surface area contributed by atoms with Crippen LogP contribution in [-0.2, 0) is 9.59 Å². The van der Waals surface area contributed by atoms with Crippen molar-refractivity contribution < 1.29 is 14.3 Å². The lowest BCUT2D eigenvalue weighted by Gasteiger charge is -2.09. The van der Waals surface area contributed by atoms with Gasteiger partial charge in [0.1, 0.15) is 5.75 Å². The van der Waals surface area contributed by atoms with Gasteiger partial charge in [-0.15, -0.1) is 0 Å². The fraction of sp³-hybridized carbons (Fsp3) is 0.467.